The fourth-order valence-corrected chi connectivity index (χ4v) is 7.94. The van der Waals surface area contributed by atoms with E-state index in [1.807, 2.05) is 12.4 Å². The van der Waals surface area contributed by atoms with Gasteiger partial charge in [0.2, 0.25) is 0 Å². The third kappa shape index (κ3) is 14.4. The van der Waals surface area contributed by atoms with Crippen LogP contribution in [-0.2, 0) is 49.0 Å². The van der Waals surface area contributed by atoms with Crippen LogP contribution in [0.1, 0.15) is 154 Å². The molecule has 2 heterocycles. The van der Waals surface area contributed by atoms with Gasteiger partial charge in [0.1, 0.15) is 17.9 Å². The molecule has 0 amide bonds. The van der Waals surface area contributed by atoms with E-state index in [4.69, 9.17) is 20.2 Å². The van der Waals surface area contributed by atoms with Gasteiger partial charge in [-0.2, -0.15) is 0 Å². The first-order valence-electron chi connectivity index (χ1n) is 20.9. The monoisotopic (exact) mass is 863 g/mol. The van der Waals surface area contributed by atoms with Crippen molar-refractivity contribution < 1.29 is 51.4 Å². The number of aromatic hydroxyl groups is 2. The molecule has 2 atom stereocenters. The average molecular weight is 864 g/mol. The fraction of sp³-hybridized carbons (Fsp3) is 0.638. The number of carboxylic acid groups (broad SMARTS) is 2. The topological polar surface area (TPSA) is 149 Å². The molecule has 2 fully saturated rings. The summed E-state index contributed by atoms with van der Waals surface area (Å²) in [6.45, 7) is 25.3. The number of nitrogens with zero attached hydrogens (tertiary/aromatic N) is 5. The van der Waals surface area contributed by atoms with Crippen LogP contribution in [0.5, 0.6) is 11.5 Å². The van der Waals surface area contributed by atoms with E-state index in [9.17, 15) is 19.8 Å². The quantitative estimate of drug-likeness (QED) is 0.106. The molecule has 2 aromatic carbocycles. The number of rotatable bonds is 10. The zero-order chi connectivity index (χ0) is 42.3. The van der Waals surface area contributed by atoms with E-state index in [2.05, 4.69) is 108 Å². The molecule has 331 valence electrons. The zero-order valence-electron chi connectivity index (χ0n) is 36.7. The van der Waals surface area contributed by atoms with Crippen molar-refractivity contribution in [2.24, 2.45) is 9.98 Å². The molecule has 0 spiro atoms. The predicted octanol–water partition coefficient (Wildman–Crippen LogP) is 8.36. The van der Waals surface area contributed by atoms with Gasteiger partial charge >= 0.3 is 17.9 Å². The smallest absolute Gasteiger partial charge is 0.350 e. The fourth-order valence-electron chi connectivity index (χ4n) is 7.94. The van der Waals surface area contributed by atoms with Crippen LogP contribution in [-0.4, -0.2) is 117 Å². The number of hydrogen-bond acceptors (Lipinski definition) is 8. The molecule has 0 aromatic heterocycles. The first kappa shape index (κ1) is 51.2. The number of aliphatic imine (C=N–C) groups is 2. The van der Waals surface area contributed by atoms with Gasteiger partial charge < -0.3 is 20.4 Å². The molecule has 11 nitrogen and oxygen atoms in total. The summed E-state index contributed by atoms with van der Waals surface area (Å²) >= 11 is 0. The molecule has 5 rings (SSSR count). The van der Waals surface area contributed by atoms with Crippen LogP contribution in [0.4, 0.5) is 0 Å². The minimum absolute atomic E-state index is 0. The van der Waals surface area contributed by atoms with Gasteiger partial charge in [0.25, 0.3) is 0 Å². The van der Waals surface area contributed by atoms with E-state index >= 15 is 0 Å². The number of guanidine groups is 1. The molecule has 2 aliphatic heterocycles. The van der Waals surface area contributed by atoms with Gasteiger partial charge in [0.05, 0.1) is 51.9 Å². The van der Waals surface area contributed by atoms with Crippen LogP contribution >= 0.6 is 0 Å². The molecule has 3 aliphatic rings. The van der Waals surface area contributed by atoms with Crippen molar-refractivity contribution in [1.82, 2.24) is 9.80 Å². The van der Waals surface area contributed by atoms with Crippen molar-refractivity contribution in [2.75, 3.05) is 39.8 Å². The number of hydrogen-bond donors (Lipinski definition) is 4. The van der Waals surface area contributed by atoms with Crippen molar-refractivity contribution in [3.8, 4) is 11.5 Å². The number of benzene rings is 2. The number of aryl methyl sites for hydroxylation is 1. The number of fused-ring (bicyclic) bond motifs is 1. The molecule has 4 N–H and O–H groups in total. The Morgan fingerprint density at radius 2 is 1.25 bits per heavy atom. The van der Waals surface area contributed by atoms with Crippen LogP contribution in [0, 0.1) is 0 Å². The third-order valence-corrected chi connectivity index (χ3v) is 11.3. The predicted molar refractivity (Wildman–Crippen MR) is 237 cm³/mol. The van der Waals surface area contributed by atoms with Crippen molar-refractivity contribution in [3.63, 3.8) is 0 Å². The van der Waals surface area contributed by atoms with E-state index in [-0.39, 0.29) is 52.5 Å². The molecule has 0 bridgehead atoms. The third-order valence-electron chi connectivity index (χ3n) is 11.3. The Bertz CT molecular complexity index is 1820. The van der Waals surface area contributed by atoms with Crippen LogP contribution in [0.2, 0.25) is 0 Å². The number of phenolic OH excluding ortho intramolecular Hbond substituents is 2. The molecular formula is C47H74CoN5O6+. The molecule has 2 unspecified atom stereocenters. The average Bonchev–Trinajstić information content (AvgIpc) is 3.10. The first-order valence-corrected chi connectivity index (χ1v) is 20.9. The van der Waals surface area contributed by atoms with Crippen LogP contribution in [0.15, 0.2) is 34.3 Å². The van der Waals surface area contributed by atoms with Crippen molar-refractivity contribution >= 4 is 30.3 Å². The Morgan fingerprint density at radius 1 is 0.746 bits per heavy atom. The SMILES string of the molecule is C.C[N+]1=C2N(CCCc3cc(C(C)(C)C)cc(C=NC4CCCCC4N=Cc4cc(C(C)(C)C)cc(C(C)(C)C)c4O)c3O)CCCN2CCC1.O=C(O)CC(=O)O.[Co]. The summed E-state index contributed by atoms with van der Waals surface area (Å²) in [6.07, 6.45) is 11.4. The van der Waals surface area contributed by atoms with Crippen molar-refractivity contribution in [1.29, 1.82) is 0 Å². The Balaban J connectivity index is 0.00000122. The Morgan fingerprint density at radius 3 is 1.75 bits per heavy atom. The maximum atomic E-state index is 11.6. The first-order chi connectivity index (χ1) is 26.6. The molecule has 59 heavy (non-hydrogen) atoms. The van der Waals surface area contributed by atoms with Gasteiger partial charge in [-0.15, -0.1) is 0 Å². The summed E-state index contributed by atoms with van der Waals surface area (Å²) in [5.74, 6) is -0.554. The second-order valence-electron chi connectivity index (χ2n) is 19.2. The largest absolute Gasteiger partial charge is 0.507 e. The van der Waals surface area contributed by atoms with E-state index in [0.29, 0.717) is 11.5 Å². The molecule has 12 heteroatoms. The summed E-state index contributed by atoms with van der Waals surface area (Å²) in [5, 5.41) is 38.4. The molecule has 2 aromatic rings. The Labute approximate surface area is 364 Å². The summed E-state index contributed by atoms with van der Waals surface area (Å²) < 4.78 is 2.42. The van der Waals surface area contributed by atoms with Crippen LogP contribution in [0.3, 0.4) is 0 Å². The summed E-state index contributed by atoms with van der Waals surface area (Å²) in [6, 6.07) is 8.66. The molecule has 1 saturated heterocycles. The number of carbonyl (C=O) groups is 2. The van der Waals surface area contributed by atoms with Crippen molar-refractivity contribution in [3.05, 3.63) is 57.6 Å². The molecule has 1 aliphatic carbocycles. The number of phenols is 2. The van der Waals surface area contributed by atoms with Crippen molar-refractivity contribution in [2.45, 2.75) is 156 Å². The molecule has 1 radical (unpaired) electrons. The minimum Gasteiger partial charge on any atom is -0.507 e. The van der Waals surface area contributed by atoms with Gasteiger partial charge in [-0.1, -0.05) is 94.7 Å². The van der Waals surface area contributed by atoms with Gasteiger partial charge in [-0.05, 0) is 70.8 Å². The normalized spacial score (nSPS) is 18.8. The molecular weight excluding hydrogens is 789 g/mol. The van der Waals surface area contributed by atoms with E-state index in [1.165, 1.54) is 29.9 Å². The standard InChI is InChI=1S/C43H65N5O2.C3H4O4.CH4.Co/c1-41(2,3)33-24-30(16-13-20-47-22-15-23-48-21-14-19-46(10)40(47)48)38(49)31(25-33)28-44-36-17-11-12-18-37(36)45-29-32-26-34(42(4,5)6)27-35(39(32)50)43(7,8)9;4-2(5)1-3(6)7;;/h24-29,36-37H,11-23H2,1-10H3,(H-,44,45,49,50);1H2,(H,4,5)(H,6,7);1H4;/p+1. The molecule has 1 saturated carbocycles. The zero-order valence-corrected chi connectivity index (χ0v) is 37.7. The minimum atomic E-state index is -1.31. The maximum absolute atomic E-state index is 11.6. The van der Waals surface area contributed by atoms with Gasteiger partial charge in [-0.3, -0.25) is 33.9 Å². The summed E-state index contributed by atoms with van der Waals surface area (Å²) in [5.41, 5.74) is 5.68. The van der Waals surface area contributed by atoms with E-state index in [1.54, 1.807) is 0 Å². The second kappa shape index (κ2) is 21.6. The number of aliphatic carboxylic acids is 2. The maximum Gasteiger partial charge on any atom is 0.350 e. The van der Waals surface area contributed by atoms with Crippen LogP contribution < -0.4 is 0 Å². The van der Waals surface area contributed by atoms with E-state index < -0.39 is 18.4 Å². The van der Waals surface area contributed by atoms with Crippen LogP contribution in [0.25, 0.3) is 0 Å². The van der Waals surface area contributed by atoms with Gasteiger partial charge in [-0.25, -0.2) is 0 Å². The van der Waals surface area contributed by atoms with Gasteiger partial charge in [0, 0.05) is 58.7 Å². The summed E-state index contributed by atoms with van der Waals surface area (Å²) in [7, 11) is 2.23. The Hall–Kier alpha value is -3.90. The number of carboxylic acids is 2. The second-order valence-corrected chi connectivity index (χ2v) is 19.2. The van der Waals surface area contributed by atoms with E-state index in [0.717, 1.165) is 93.5 Å². The summed E-state index contributed by atoms with van der Waals surface area (Å²) in [4.78, 5) is 34.2. The van der Waals surface area contributed by atoms with Gasteiger partial charge in [0.15, 0.2) is 0 Å². The Kier molecular flexibility index (Phi) is 18.7.